The minimum Gasteiger partial charge on any atom is -0.480 e. The zero-order valence-corrected chi connectivity index (χ0v) is 10.5. The van der Waals surface area contributed by atoms with Gasteiger partial charge in [-0.1, -0.05) is 18.2 Å². The number of rotatable bonds is 4. The summed E-state index contributed by atoms with van der Waals surface area (Å²) in [7, 11) is 0. The lowest BCUT2D eigenvalue weighted by molar-refractivity contribution is -0.143. The maximum absolute atomic E-state index is 11.8. The molecule has 1 aliphatic rings. The van der Waals surface area contributed by atoms with E-state index in [4.69, 9.17) is 10.8 Å². The van der Waals surface area contributed by atoms with Crippen LogP contribution in [0.2, 0.25) is 0 Å². The Hall–Kier alpha value is -1.92. The molecule has 6 heteroatoms. The van der Waals surface area contributed by atoms with Crippen LogP contribution in [0, 0.1) is 0 Å². The number of para-hydroxylation sites is 1. The van der Waals surface area contributed by atoms with E-state index in [1.807, 2.05) is 18.2 Å². The highest BCUT2D eigenvalue weighted by molar-refractivity contribution is 5.92. The number of nitrogens with zero attached hydrogens (tertiary/aromatic N) is 1. The fourth-order valence-corrected chi connectivity index (χ4v) is 2.15. The van der Waals surface area contributed by atoms with Crippen molar-refractivity contribution < 1.29 is 14.7 Å². The molecule has 0 aromatic heterocycles. The summed E-state index contributed by atoms with van der Waals surface area (Å²) in [6.45, 7) is 0.872. The van der Waals surface area contributed by atoms with Crippen molar-refractivity contribution in [1.82, 2.24) is 4.90 Å². The van der Waals surface area contributed by atoms with E-state index < -0.39 is 11.5 Å². The summed E-state index contributed by atoms with van der Waals surface area (Å²) in [6.07, 6.45) is 0.362. The lowest BCUT2D eigenvalue weighted by atomic mass is 10.0. The van der Waals surface area contributed by atoms with Gasteiger partial charge in [-0.05, 0) is 18.6 Å². The quantitative estimate of drug-likeness (QED) is 0.716. The summed E-state index contributed by atoms with van der Waals surface area (Å²) < 4.78 is 0. The Morgan fingerprint density at radius 3 is 2.63 bits per heavy atom. The SMILES string of the molecule is NC1(C(=O)O)CCN(CC(=O)Nc2ccccc2)C1. The first-order valence-electron chi connectivity index (χ1n) is 6.09. The molecule has 0 radical (unpaired) electrons. The molecule has 0 saturated carbocycles. The fourth-order valence-electron chi connectivity index (χ4n) is 2.15. The maximum Gasteiger partial charge on any atom is 0.325 e. The number of aliphatic carboxylic acids is 1. The first-order chi connectivity index (χ1) is 8.99. The molecule has 1 unspecified atom stereocenters. The van der Waals surface area contributed by atoms with Crippen molar-refractivity contribution in [3.8, 4) is 0 Å². The van der Waals surface area contributed by atoms with E-state index in [0.29, 0.717) is 13.0 Å². The standard InChI is InChI=1S/C13H17N3O3/c14-13(12(18)19)6-7-16(9-13)8-11(17)15-10-4-2-1-3-5-10/h1-5H,6-9,14H2,(H,15,17)(H,18,19). The van der Waals surface area contributed by atoms with Gasteiger partial charge in [0.2, 0.25) is 5.91 Å². The van der Waals surface area contributed by atoms with Crippen LogP contribution >= 0.6 is 0 Å². The summed E-state index contributed by atoms with van der Waals surface area (Å²) in [5, 5.41) is 11.8. The second-order valence-corrected chi connectivity index (χ2v) is 4.84. The van der Waals surface area contributed by atoms with Crippen LogP contribution in [0.25, 0.3) is 0 Å². The van der Waals surface area contributed by atoms with Gasteiger partial charge in [0.15, 0.2) is 0 Å². The number of carbonyl (C=O) groups is 2. The van der Waals surface area contributed by atoms with E-state index in [9.17, 15) is 9.59 Å². The summed E-state index contributed by atoms with van der Waals surface area (Å²) in [5.74, 6) is -1.18. The predicted octanol–water partition coefficient (Wildman–Crippen LogP) is 0.113. The van der Waals surface area contributed by atoms with Gasteiger partial charge in [-0.15, -0.1) is 0 Å². The first kappa shape index (κ1) is 13.5. The molecular formula is C13H17N3O3. The molecule has 0 bridgehead atoms. The topological polar surface area (TPSA) is 95.7 Å². The van der Waals surface area contributed by atoms with Crippen molar-refractivity contribution in [2.75, 3.05) is 25.0 Å². The third kappa shape index (κ3) is 3.30. The van der Waals surface area contributed by atoms with Crippen molar-refractivity contribution in [3.63, 3.8) is 0 Å². The molecule has 1 aliphatic heterocycles. The molecule has 2 rings (SSSR count). The monoisotopic (exact) mass is 263 g/mol. The van der Waals surface area contributed by atoms with Crippen LogP contribution in [0.3, 0.4) is 0 Å². The molecule has 6 nitrogen and oxygen atoms in total. The van der Waals surface area contributed by atoms with Crippen molar-refractivity contribution in [2.45, 2.75) is 12.0 Å². The van der Waals surface area contributed by atoms with Crippen LogP contribution in [-0.4, -0.2) is 47.1 Å². The molecule has 1 fully saturated rings. The van der Waals surface area contributed by atoms with E-state index >= 15 is 0 Å². The highest BCUT2D eigenvalue weighted by Crippen LogP contribution is 2.18. The van der Waals surface area contributed by atoms with Crippen LogP contribution in [-0.2, 0) is 9.59 Å². The number of benzene rings is 1. The van der Waals surface area contributed by atoms with E-state index in [1.165, 1.54) is 0 Å². The molecule has 1 atom stereocenters. The number of carboxylic acid groups (broad SMARTS) is 1. The second-order valence-electron chi connectivity index (χ2n) is 4.84. The molecule has 0 aliphatic carbocycles. The van der Waals surface area contributed by atoms with Gasteiger partial charge in [0.25, 0.3) is 0 Å². The summed E-state index contributed by atoms with van der Waals surface area (Å²) in [4.78, 5) is 24.6. The number of carboxylic acids is 1. The third-order valence-electron chi connectivity index (χ3n) is 3.23. The largest absolute Gasteiger partial charge is 0.480 e. The molecule has 1 aromatic carbocycles. The number of anilines is 1. The van der Waals surface area contributed by atoms with Crippen molar-refractivity contribution in [2.24, 2.45) is 5.73 Å². The lowest BCUT2D eigenvalue weighted by Gasteiger charge is -2.19. The highest BCUT2D eigenvalue weighted by atomic mass is 16.4. The highest BCUT2D eigenvalue weighted by Gasteiger charge is 2.41. The molecule has 4 N–H and O–H groups in total. The maximum atomic E-state index is 11.8. The van der Waals surface area contributed by atoms with E-state index in [-0.39, 0.29) is 19.0 Å². The minimum absolute atomic E-state index is 0.154. The van der Waals surface area contributed by atoms with Crippen LogP contribution in [0.5, 0.6) is 0 Å². The first-order valence-corrected chi connectivity index (χ1v) is 6.09. The smallest absolute Gasteiger partial charge is 0.325 e. The van der Waals surface area contributed by atoms with E-state index in [2.05, 4.69) is 5.32 Å². The van der Waals surface area contributed by atoms with E-state index in [1.54, 1.807) is 17.0 Å². The number of hydrogen-bond donors (Lipinski definition) is 3. The Morgan fingerprint density at radius 1 is 1.37 bits per heavy atom. The molecular weight excluding hydrogens is 246 g/mol. The van der Waals surface area contributed by atoms with Crippen LogP contribution in [0.4, 0.5) is 5.69 Å². The Bertz CT molecular complexity index is 477. The number of carbonyl (C=O) groups excluding carboxylic acids is 1. The molecule has 1 heterocycles. The van der Waals surface area contributed by atoms with Gasteiger partial charge in [-0.2, -0.15) is 0 Å². The molecule has 1 amide bonds. The molecule has 102 valence electrons. The zero-order valence-electron chi connectivity index (χ0n) is 10.5. The van der Waals surface area contributed by atoms with Crippen molar-refractivity contribution in [3.05, 3.63) is 30.3 Å². The van der Waals surface area contributed by atoms with E-state index in [0.717, 1.165) is 5.69 Å². The fraction of sp³-hybridized carbons (Fsp3) is 0.385. The normalized spacial score (nSPS) is 23.2. The van der Waals surface area contributed by atoms with Gasteiger partial charge in [0, 0.05) is 18.8 Å². The average Bonchev–Trinajstić information content (AvgIpc) is 2.73. The molecule has 0 spiro atoms. The summed E-state index contributed by atoms with van der Waals surface area (Å²) >= 11 is 0. The van der Waals surface area contributed by atoms with Crippen LogP contribution < -0.4 is 11.1 Å². The summed E-state index contributed by atoms with van der Waals surface area (Å²) in [5.41, 5.74) is 5.24. The third-order valence-corrected chi connectivity index (χ3v) is 3.23. The lowest BCUT2D eigenvalue weighted by Crippen LogP contribution is -2.50. The number of nitrogens with one attached hydrogen (secondary N) is 1. The Balaban J connectivity index is 1.86. The number of likely N-dealkylation sites (tertiary alicyclic amines) is 1. The van der Waals surface area contributed by atoms with Gasteiger partial charge in [0.05, 0.1) is 6.54 Å². The van der Waals surface area contributed by atoms with Gasteiger partial charge >= 0.3 is 5.97 Å². The molecule has 1 saturated heterocycles. The van der Waals surface area contributed by atoms with Crippen molar-refractivity contribution in [1.29, 1.82) is 0 Å². The molecule has 19 heavy (non-hydrogen) atoms. The summed E-state index contributed by atoms with van der Waals surface area (Å²) in [6, 6.07) is 9.13. The number of nitrogens with two attached hydrogens (primary N) is 1. The Labute approximate surface area is 111 Å². The van der Waals surface area contributed by atoms with Crippen LogP contribution in [0.15, 0.2) is 30.3 Å². The average molecular weight is 263 g/mol. The van der Waals surface area contributed by atoms with Crippen LogP contribution in [0.1, 0.15) is 6.42 Å². The van der Waals surface area contributed by atoms with Gasteiger partial charge in [0.1, 0.15) is 5.54 Å². The number of amides is 1. The minimum atomic E-state index is -1.23. The predicted molar refractivity (Wildman–Crippen MR) is 70.7 cm³/mol. The van der Waals surface area contributed by atoms with Crippen molar-refractivity contribution >= 4 is 17.6 Å². The number of hydrogen-bond acceptors (Lipinski definition) is 4. The zero-order chi connectivity index (χ0) is 13.9. The van der Waals surface area contributed by atoms with Gasteiger partial charge in [-0.3, -0.25) is 14.5 Å². The Kier molecular flexibility index (Phi) is 3.82. The van der Waals surface area contributed by atoms with Gasteiger partial charge in [-0.25, -0.2) is 0 Å². The molecule has 1 aromatic rings. The Morgan fingerprint density at radius 2 is 2.05 bits per heavy atom. The second kappa shape index (κ2) is 5.38. The van der Waals surface area contributed by atoms with Gasteiger partial charge < -0.3 is 16.2 Å².